The molecule has 11 heavy (non-hydrogen) atoms. The SMILES string of the molecule is C[C@@H]1CC[C@@]2(C)O[C@H]1OC2=O. The Morgan fingerprint density at radius 2 is 2.36 bits per heavy atom. The first-order chi connectivity index (χ1) is 5.12. The molecule has 0 aliphatic carbocycles. The Morgan fingerprint density at radius 3 is 3.00 bits per heavy atom. The van der Waals surface area contributed by atoms with E-state index in [9.17, 15) is 4.79 Å². The lowest BCUT2D eigenvalue weighted by atomic mass is 9.92. The van der Waals surface area contributed by atoms with Crippen molar-refractivity contribution in [3.05, 3.63) is 0 Å². The van der Waals surface area contributed by atoms with Crippen molar-refractivity contribution in [2.24, 2.45) is 5.92 Å². The predicted molar refractivity (Wildman–Crippen MR) is 37.8 cm³/mol. The summed E-state index contributed by atoms with van der Waals surface area (Å²) in [5, 5.41) is 0. The number of hydrogen-bond donors (Lipinski definition) is 0. The van der Waals surface area contributed by atoms with E-state index in [1.165, 1.54) is 0 Å². The van der Waals surface area contributed by atoms with E-state index in [2.05, 4.69) is 0 Å². The third-order valence-corrected chi connectivity index (χ3v) is 2.57. The van der Waals surface area contributed by atoms with E-state index in [4.69, 9.17) is 9.47 Å². The van der Waals surface area contributed by atoms with Gasteiger partial charge in [0.2, 0.25) is 6.29 Å². The van der Waals surface area contributed by atoms with Crippen LogP contribution in [0.3, 0.4) is 0 Å². The monoisotopic (exact) mass is 156 g/mol. The molecule has 2 fully saturated rings. The smallest absolute Gasteiger partial charge is 0.340 e. The van der Waals surface area contributed by atoms with E-state index in [-0.39, 0.29) is 12.3 Å². The van der Waals surface area contributed by atoms with Gasteiger partial charge in [0.1, 0.15) is 0 Å². The Hall–Kier alpha value is -0.570. The molecule has 2 heterocycles. The molecular weight excluding hydrogens is 144 g/mol. The van der Waals surface area contributed by atoms with Crippen LogP contribution in [-0.2, 0) is 14.3 Å². The molecule has 0 unspecified atom stereocenters. The molecule has 2 saturated heterocycles. The molecule has 0 saturated carbocycles. The maximum atomic E-state index is 11.2. The lowest BCUT2D eigenvalue weighted by molar-refractivity contribution is -0.148. The molecule has 2 rings (SSSR count). The number of ether oxygens (including phenoxy) is 2. The second-order valence-corrected chi connectivity index (χ2v) is 3.64. The number of carbonyl (C=O) groups excluding carboxylic acids is 1. The summed E-state index contributed by atoms with van der Waals surface area (Å²) in [6.07, 6.45) is 1.54. The minimum atomic E-state index is -0.628. The van der Waals surface area contributed by atoms with Gasteiger partial charge in [0.15, 0.2) is 5.60 Å². The quantitative estimate of drug-likeness (QED) is 0.492. The lowest BCUT2D eigenvalue weighted by Crippen LogP contribution is -2.37. The number of esters is 1. The fourth-order valence-electron chi connectivity index (χ4n) is 1.59. The summed E-state index contributed by atoms with van der Waals surface area (Å²) in [7, 11) is 0. The largest absolute Gasteiger partial charge is 0.433 e. The fraction of sp³-hybridized carbons (Fsp3) is 0.875. The second-order valence-electron chi connectivity index (χ2n) is 3.64. The first kappa shape index (κ1) is 7.10. The zero-order valence-corrected chi connectivity index (χ0v) is 6.79. The maximum absolute atomic E-state index is 11.2. The lowest BCUT2D eigenvalue weighted by Gasteiger charge is -2.27. The van der Waals surface area contributed by atoms with Gasteiger partial charge in [0.05, 0.1) is 0 Å². The molecule has 3 atom stereocenters. The Kier molecular flexibility index (Phi) is 1.27. The van der Waals surface area contributed by atoms with Gasteiger partial charge in [-0.25, -0.2) is 4.79 Å². The molecule has 0 spiro atoms. The van der Waals surface area contributed by atoms with Crippen molar-refractivity contribution in [2.45, 2.75) is 38.6 Å². The van der Waals surface area contributed by atoms with Crippen LogP contribution in [0.4, 0.5) is 0 Å². The summed E-state index contributed by atoms with van der Waals surface area (Å²) >= 11 is 0. The molecule has 0 aromatic heterocycles. The van der Waals surface area contributed by atoms with Gasteiger partial charge in [-0.3, -0.25) is 0 Å². The minimum Gasteiger partial charge on any atom is -0.433 e. The zero-order chi connectivity index (χ0) is 8.06. The summed E-state index contributed by atoms with van der Waals surface area (Å²) in [4.78, 5) is 11.2. The Labute approximate surface area is 65.7 Å². The molecule has 3 nitrogen and oxygen atoms in total. The topological polar surface area (TPSA) is 35.5 Å². The number of rotatable bonds is 0. The summed E-state index contributed by atoms with van der Waals surface area (Å²) in [6, 6.07) is 0. The zero-order valence-electron chi connectivity index (χ0n) is 6.79. The average Bonchev–Trinajstić information content (AvgIpc) is 2.20. The van der Waals surface area contributed by atoms with E-state index in [1.807, 2.05) is 6.92 Å². The van der Waals surface area contributed by atoms with Crippen LogP contribution in [0.1, 0.15) is 26.7 Å². The predicted octanol–water partition coefficient (Wildman–Crippen LogP) is 1.07. The third-order valence-electron chi connectivity index (χ3n) is 2.57. The first-order valence-electron chi connectivity index (χ1n) is 4.01. The van der Waals surface area contributed by atoms with Crippen LogP contribution in [0.5, 0.6) is 0 Å². The first-order valence-corrected chi connectivity index (χ1v) is 4.01. The van der Waals surface area contributed by atoms with Crippen molar-refractivity contribution in [2.75, 3.05) is 0 Å². The van der Waals surface area contributed by atoms with Crippen molar-refractivity contribution in [1.82, 2.24) is 0 Å². The highest BCUT2D eigenvalue weighted by Gasteiger charge is 2.51. The molecule has 0 radical (unpaired) electrons. The number of carbonyl (C=O) groups is 1. The van der Waals surface area contributed by atoms with Gasteiger partial charge < -0.3 is 9.47 Å². The van der Waals surface area contributed by atoms with Crippen LogP contribution < -0.4 is 0 Å². The maximum Gasteiger partial charge on any atom is 0.340 e. The van der Waals surface area contributed by atoms with Gasteiger partial charge in [-0.05, 0) is 19.8 Å². The highest BCUT2D eigenvalue weighted by molar-refractivity contribution is 5.80. The van der Waals surface area contributed by atoms with Crippen LogP contribution >= 0.6 is 0 Å². The molecular formula is C8H12O3. The van der Waals surface area contributed by atoms with Gasteiger partial charge in [-0.1, -0.05) is 6.92 Å². The van der Waals surface area contributed by atoms with Crippen LogP contribution in [0.2, 0.25) is 0 Å². The molecule has 0 aromatic rings. The van der Waals surface area contributed by atoms with Crippen molar-refractivity contribution in [1.29, 1.82) is 0 Å². The van der Waals surface area contributed by atoms with Gasteiger partial charge in [0, 0.05) is 5.92 Å². The fourth-order valence-corrected chi connectivity index (χ4v) is 1.59. The molecule has 2 aliphatic rings. The molecule has 0 aromatic carbocycles. The van der Waals surface area contributed by atoms with E-state index in [1.54, 1.807) is 6.92 Å². The van der Waals surface area contributed by atoms with Gasteiger partial charge in [-0.15, -0.1) is 0 Å². The number of hydrogen-bond acceptors (Lipinski definition) is 3. The van der Waals surface area contributed by atoms with Crippen molar-refractivity contribution in [3.8, 4) is 0 Å². The van der Waals surface area contributed by atoms with Crippen LogP contribution in [-0.4, -0.2) is 17.9 Å². The van der Waals surface area contributed by atoms with E-state index >= 15 is 0 Å². The molecule has 2 bridgehead atoms. The van der Waals surface area contributed by atoms with Crippen molar-refractivity contribution >= 4 is 5.97 Å². The Morgan fingerprint density at radius 1 is 1.64 bits per heavy atom. The van der Waals surface area contributed by atoms with Crippen molar-refractivity contribution < 1.29 is 14.3 Å². The average molecular weight is 156 g/mol. The molecule has 0 N–H and O–H groups in total. The molecule has 3 heteroatoms. The minimum absolute atomic E-state index is 0.188. The molecule has 2 aliphatic heterocycles. The summed E-state index contributed by atoms with van der Waals surface area (Å²) in [5.41, 5.74) is -0.628. The number of fused-ring (bicyclic) bond motifs is 2. The molecule has 0 amide bonds. The van der Waals surface area contributed by atoms with Crippen molar-refractivity contribution in [3.63, 3.8) is 0 Å². The summed E-state index contributed by atoms with van der Waals surface area (Å²) < 4.78 is 10.5. The summed E-state index contributed by atoms with van der Waals surface area (Å²) in [6.45, 7) is 3.85. The van der Waals surface area contributed by atoms with Gasteiger partial charge in [-0.2, -0.15) is 0 Å². The third kappa shape index (κ3) is 0.872. The highest BCUT2D eigenvalue weighted by Crippen LogP contribution is 2.39. The second kappa shape index (κ2) is 1.97. The van der Waals surface area contributed by atoms with E-state index in [0.29, 0.717) is 5.92 Å². The van der Waals surface area contributed by atoms with Gasteiger partial charge >= 0.3 is 5.97 Å². The summed E-state index contributed by atoms with van der Waals surface area (Å²) in [5.74, 6) is 0.168. The normalized spacial score (nSPS) is 49.1. The van der Waals surface area contributed by atoms with E-state index < -0.39 is 5.60 Å². The standard InChI is InChI=1S/C8H12O3/c1-5-3-4-8(2)7(9)10-6(5)11-8/h5-6H,3-4H2,1-2H3/t5-,6-,8-/m1/s1. The van der Waals surface area contributed by atoms with Crippen LogP contribution in [0.15, 0.2) is 0 Å². The highest BCUT2D eigenvalue weighted by atomic mass is 16.8. The Bertz CT molecular complexity index is 202. The molecule has 62 valence electrons. The van der Waals surface area contributed by atoms with Crippen LogP contribution in [0.25, 0.3) is 0 Å². The van der Waals surface area contributed by atoms with Crippen LogP contribution in [0, 0.1) is 5.92 Å². The van der Waals surface area contributed by atoms with Gasteiger partial charge in [0.25, 0.3) is 0 Å². The Balaban J connectivity index is 2.24. The van der Waals surface area contributed by atoms with E-state index in [0.717, 1.165) is 12.8 Å².